The molecule has 3 N–H and O–H groups in total. The van der Waals surface area contributed by atoms with Crippen LogP contribution in [-0.2, 0) is 4.79 Å². The van der Waals surface area contributed by atoms with E-state index in [1.807, 2.05) is 4.90 Å². The molecule has 1 amide bonds. The molecule has 1 saturated heterocycles. The number of carboxylic acid groups (broad SMARTS) is 1. The molecule has 21 heavy (non-hydrogen) atoms. The number of halogens is 1. The lowest BCUT2D eigenvalue weighted by atomic mass is 10.2. The Kier molecular flexibility index (Phi) is 5.24. The van der Waals surface area contributed by atoms with Gasteiger partial charge in [-0.05, 0) is 37.7 Å². The van der Waals surface area contributed by atoms with Crippen molar-refractivity contribution in [2.24, 2.45) is 0 Å². The highest BCUT2D eigenvalue weighted by Gasteiger charge is 2.15. The normalized spacial score (nSPS) is 16.2. The van der Waals surface area contributed by atoms with E-state index in [4.69, 9.17) is 5.11 Å². The number of benzene rings is 1. The molecule has 6 nitrogen and oxygen atoms in total. The maximum atomic E-state index is 13.6. The molecule has 0 aromatic heterocycles. The Bertz CT molecular complexity index is 528. The average Bonchev–Trinajstić information content (AvgIpc) is 2.69. The molecule has 1 aromatic rings. The Morgan fingerprint density at radius 3 is 2.90 bits per heavy atom. The van der Waals surface area contributed by atoms with E-state index in [1.165, 1.54) is 0 Å². The van der Waals surface area contributed by atoms with Gasteiger partial charge in [0.1, 0.15) is 5.82 Å². The summed E-state index contributed by atoms with van der Waals surface area (Å²) >= 11 is 0. The van der Waals surface area contributed by atoms with Gasteiger partial charge < -0.3 is 15.7 Å². The van der Waals surface area contributed by atoms with Gasteiger partial charge in [-0.1, -0.05) is 0 Å². The van der Waals surface area contributed by atoms with Crippen molar-refractivity contribution in [1.29, 1.82) is 0 Å². The highest BCUT2D eigenvalue weighted by Crippen LogP contribution is 2.16. The standard InChI is InChI=1S/C14H18FN3O3/c15-11-3-2-10(14(20)21)8-12(11)17-13(19)9-18-6-1-4-16-5-7-18/h2-3,8,16H,1,4-7,9H2,(H,17,19)(H,20,21). The summed E-state index contributed by atoms with van der Waals surface area (Å²) in [4.78, 5) is 24.8. The van der Waals surface area contributed by atoms with Gasteiger partial charge in [-0.25, -0.2) is 9.18 Å². The molecule has 1 aliphatic rings. The van der Waals surface area contributed by atoms with Crippen LogP contribution in [0.4, 0.5) is 10.1 Å². The number of amides is 1. The van der Waals surface area contributed by atoms with Crippen molar-refractivity contribution < 1.29 is 19.1 Å². The Hall–Kier alpha value is -1.99. The molecule has 0 saturated carbocycles. The first kappa shape index (κ1) is 15.4. The highest BCUT2D eigenvalue weighted by atomic mass is 19.1. The topological polar surface area (TPSA) is 81.7 Å². The SMILES string of the molecule is O=C(CN1CCCNCC1)Nc1cc(C(=O)O)ccc1F. The predicted molar refractivity (Wildman–Crippen MR) is 75.9 cm³/mol. The smallest absolute Gasteiger partial charge is 0.335 e. The summed E-state index contributed by atoms with van der Waals surface area (Å²) in [7, 11) is 0. The second-order valence-corrected chi connectivity index (χ2v) is 4.93. The Morgan fingerprint density at radius 2 is 2.14 bits per heavy atom. The number of nitrogens with zero attached hydrogens (tertiary/aromatic N) is 1. The number of nitrogens with one attached hydrogen (secondary N) is 2. The monoisotopic (exact) mass is 295 g/mol. The zero-order valence-electron chi connectivity index (χ0n) is 11.6. The Balaban J connectivity index is 1.98. The van der Waals surface area contributed by atoms with Crippen molar-refractivity contribution in [3.63, 3.8) is 0 Å². The van der Waals surface area contributed by atoms with Gasteiger partial charge in [0.25, 0.3) is 0 Å². The molecule has 0 atom stereocenters. The number of carbonyl (C=O) groups excluding carboxylic acids is 1. The molecule has 1 aliphatic heterocycles. The molecule has 2 rings (SSSR count). The third kappa shape index (κ3) is 4.51. The molecule has 0 unspecified atom stereocenters. The van der Waals surface area contributed by atoms with E-state index >= 15 is 0 Å². The zero-order valence-corrected chi connectivity index (χ0v) is 11.6. The molecule has 0 bridgehead atoms. The number of anilines is 1. The predicted octanol–water partition coefficient (Wildman–Crippen LogP) is 0.758. The van der Waals surface area contributed by atoms with Crippen molar-refractivity contribution >= 4 is 17.6 Å². The number of aromatic carboxylic acids is 1. The lowest BCUT2D eigenvalue weighted by Gasteiger charge is -2.18. The van der Waals surface area contributed by atoms with Crippen LogP contribution in [0.5, 0.6) is 0 Å². The van der Waals surface area contributed by atoms with Gasteiger partial charge >= 0.3 is 5.97 Å². The van der Waals surface area contributed by atoms with Crippen LogP contribution in [0.3, 0.4) is 0 Å². The van der Waals surface area contributed by atoms with Crippen LogP contribution in [0.15, 0.2) is 18.2 Å². The van der Waals surface area contributed by atoms with Crippen LogP contribution in [0.2, 0.25) is 0 Å². The molecule has 1 fully saturated rings. The third-order valence-corrected chi connectivity index (χ3v) is 3.29. The first-order valence-electron chi connectivity index (χ1n) is 6.82. The van der Waals surface area contributed by atoms with Gasteiger partial charge in [-0.15, -0.1) is 0 Å². The molecule has 114 valence electrons. The minimum atomic E-state index is -1.16. The number of hydrogen-bond acceptors (Lipinski definition) is 4. The first-order valence-corrected chi connectivity index (χ1v) is 6.82. The van der Waals surface area contributed by atoms with Crippen LogP contribution in [-0.4, -0.2) is 54.6 Å². The zero-order chi connectivity index (χ0) is 15.2. The largest absolute Gasteiger partial charge is 0.478 e. The summed E-state index contributed by atoms with van der Waals surface area (Å²) in [6, 6.07) is 3.32. The van der Waals surface area contributed by atoms with Gasteiger partial charge in [-0.3, -0.25) is 9.69 Å². The molecule has 1 heterocycles. The van der Waals surface area contributed by atoms with Gasteiger partial charge in [-0.2, -0.15) is 0 Å². The van der Waals surface area contributed by atoms with Crippen molar-refractivity contribution in [2.45, 2.75) is 6.42 Å². The van der Waals surface area contributed by atoms with E-state index in [0.29, 0.717) is 0 Å². The third-order valence-electron chi connectivity index (χ3n) is 3.29. The van der Waals surface area contributed by atoms with Crippen LogP contribution in [0.1, 0.15) is 16.8 Å². The van der Waals surface area contributed by atoms with E-state index < -0.39 is 11.8 Å². The number of carbonyl (C=O) groups is 2. The molecule has 0 aliphatic carbocycles. The fourth-order valence-corrected chi connectivity index (χ4v) is 2.21. The quantitative estimate of drug-likeness (QED) is 0.764. The average molecular weight is 295 g/mol. The summed E-state index contributed by atoms with van der Waals surface area (Å²) < 4.78 is 13.6. The minimum absolute atomic E-state index is 0.0642. The molecular formula is C14H18FN3O3. The van der Waals surface area contributed by atoms with Gasteiger partial charge in [0.15, 0.2) is 0 Å². The second kappa shape index (κ2) is 7.14. The summed E-state index contributed by atoms with van der Waals surface area (Å²) in [6.45, 7) is 3.46. The molecule has 7 heteroatoms. The second-order valence-electron chi connectivity index (χ2n) is 4.93. The first-order chi connectivity index (χ1) is 10.1. The fourth-order valence-electron chi connectivity index (χ4n) is 2.21. The van der Waals surface area contributed by atoms with Gasteiger partial charge in [0.05, 0.1) is 17.8 Å². The highest BCUT2D eigenvalue weighted by molar-refractivity contribution is 5.94. The summed E-state index contributed by atoms with van der Waals surface area (Å²) in [5.74, 6) is -2.16. The van der Waals surface area contributed by atoms with E-state index in [9.17, 15) is 14.0 Å². The summed E-state index contributed by atoms with van der Waals surface area (Å²) in [5, 5.41) is 14.5. The molecule has 1 aromatic carbocycles. The van der Waals surface area contributed by atoms with Crippen molar-refractivity contribution in [3.8, 4) is 0 Å². The van der Waals surface area contributed by atoms with E-state index in [0.717, 1.165) is 50.8 Å². The van der Waals surface area contributed by atoms with Crippen LogP contribution < -0.4 is 10.6 Å². The van der Waals surface area contributed by atoms with Crippen molar-refractivity contribution in [2.75, 3.05) is 38.0 Å². The number of hydrogen-bond donors (Lipinski definition) is 3. The van der Waals surface area contributed by atoms with Crippen molar-refractivity contribution in [1.82, 2.24) is 10.2 Å². The lowest BCUT2D eigenvalue weighted by molar-refractivity contribution is -0.117. The molecule has 0 spiro atoms. The van der Waals surface area contributed by atoms with Crippen LogP contribution in [0.25, 0.3) is 0 Å². The van der Waals surface area contributed by atoms with Gasteiger partial charge in [0.2, 0.25) is 5.91 Å². The number of rotatable bonds is 4. The lowest BCUT2D eigenvalue weighted by Crippen LogP contribution is -2.35. The van der Waals surface area contributed by atoms with Crippen LogP contribution >= 0.6 is 0 Å². The van der Waals surface area contributed by atoms with E-state index in [2.05, 4.69) is 10.6 Å². The Labute approximate surface area is 121 Å². The van der Waals surface area contributed by atoms with E-state index in [1.54, 1.807) is 0 Å². The maximum absolute atomic E-state index is 13.6. The van der Waals surface area contributed by atoms with Crippen molar-refractivity contribution in [3.05, 3.63) is 29.6 Å². The molecular weight excluding hydrogens is 277 g/mol. The fraction of sp³-hybridized carbons (Fsp3) is 0.429. The summed E-state index contributed by atoms with van der Waals surface area (Å²) in [5.41, 5.74) is -0.168. The Morgan fingerprint density at radius 1 is 1.33 bits per heavy atom. The number of carboxylic acids is 1. The van der Waals surface area contributed by atoms with Crippen LogP contribution in [0, 0.1) is 5.82 Å². The molecule has 0 radical (unpaired) electrons. The van der Waals surface area contributed by atoms with E-state index in [-0.39, 0.29) is 23.7 Å². The maximum Gasteiger partial charge on any atom is 0.335 e. The summed E-state index contributed by atoms with van der Waals surface area (Å²) in [6.07, 6.45) is 0.955. The minimum Gasteiger partial charge on any atom is -0.478 e. The van der Waals surface area contributed by atoms with Gasteiger partial charge in [0, 0.05) is 13.1 Å².